The number of nitroso groups, excluding NO2 is 2. The molecule has 1 heterocycles. The minimum atomic E-state index is 0.0285. The van der Waals surface area contributed by atoms with Crippen LogP contribution < -0.4 is 11.2 Å². The van der Waals surface area contributed by atoms with Gasteiger partial charge < -0.3 is 5.73 Å². The van der Waals surface area contributed by atoms with Crippen LogP contribution in [-0.4, -0.2) is 21.1 Å². The van der Waals surface area contributed by atoms with E-state index in [2.05, 4.69) is 46.5 Å². The fourth-order valence-electron chi connectivity index (χ4n) is 2.88. The summed E-state index contributed by atoms with van der Waals surface area (Å²) in [7, 11) is 0. The van der Waals surface area contributed by atoms with Gasteiger partial charge in [-0.05, 0) is 65.3 Å². The molecule has 0 unspecified atom stereocenters. The first-order valence-corrected chi connectivity index (χ1v) is 9.31. The SMILES string of the molecule is C/C(=N\Nc1ccc(N=O)cc1N=O)c1cccc(N=Nc2c(N)ccc3n[nH]nc23)c1. The Morgan fingerprint density at radius 3 is 2.66 bits per heavy atom. The molecular formula is C20H16N10O2. The molecule has 4 aromatic rings. The van der Waals surface area contributed by atoms with E-state index in [1.807, 2.05) is 12.1 Å². The minimum absolute atomic E-state index is 0.0285. The summed E-state index contributed by atoms with van der Waals surface area (Å²) in [6.45, 7) is 1.78. The zero-order valence-corrected chi connectivity index (χ0v) is 16.7. The lowest BCUT2D eigenvalue weighted by molar-refractivity contribution is 0.959. The highest BCUT2D eigenvalue weighted by Gasteiger charge is 2.09. The highest BCUT2D eigenvalue weighted by molar-refractivity contribution is 6.00. The maximum Gasteiger partial charge on any atom is 0.142 e. The number of nitrogens with two attached hydrogens (primary N) is 1. The lowest BCUT2D eigenvalue weighted by atomic mass is 10.1. The third-order valence-corrected chi connectivity index (χ3v) is 4.55. The summed E-state index contributed by atoms with van der Waals surface area (Å²) in [4.78, 5) is 21.6. The first kappa shape index (κ1) is 20.4. The molecule has 1 aromatic heterocycles. The van der Waals surface area contributed by atoms with Crippen LogP contribution in [0.15, 0.2) is 80.3 Å². The van der Waals surface area contributed by atoms with Gasteiger partial charge in [0.05, 0.1) is 22.8 Å². The number of nitrogen functional groups attached to an aromatic ring is 1. The molecule has 32 heavy (non-hydrogen) atoms. The predicted octanol–water partition coefficient (Wildman–Crippen LogP) is 5.59. The molecule has 0 saturated carbocycles. The number of anilines is 2. The normalized spacial score (nSPS) is 11.7. The van der Waals surface area contributed by atoms with E-state index >= 15 is 0 Å². The van der Waals surface area contributed by atoms with Gasteiger partial charge in [-0.3, -0.25) is 5.43 Å². The Balaban J connectivity index is 1.57. The molecule has 0 amide bonds. The maximum absolute atomic E-state index is 11.0. The largest absolute Gasteiger partial charge is 0.397 e. The number of nitrogens with zero attached hydrogens (tertiary/aromatic N) is 7. The Labute approximate surface area is 180 Å². The smallest absolute Gasteiger partial charge is 0.142 e. The molecule has 3 aromatic carbocycles. The molecule has 4 N–H and O–H groups in total. The molecule has 0 aliphatic carbocycles. The summed E-state index contributed by atoms with van der Waals surface area (Å²) < 4.78 is 0. The van der Waals surface area contributed by atoms with E-state index in [0.29, 0.717) is 39.5 Å². The monoisotopic (exact) mass is 428 g/mol. The number of aromatic nitrogens is 3. The Kier molecular flexibility index (Phi) is 5.66. The third-order valence-electron chi connectivity index (χ3n) is 4.55. The van der Waals surface area contributed by atoms with Gasteiger partial charge in [0, 0.05) is 0 Å². The summed E-state index contributed by atoms with van der Waals surface area (Å²) in [5.74, 6) is 0. The number of nitrogens with one attached hydrogen (secondary N) is 2. The lowest BCUT2D eigenvalue weighted by Crippen LogP contribution is -1.99. The number of hydrogen-bond donors (Lipinski definition) is 3. The molecule has 158 valence electrons. The minimum Gasteiger partial charge on any atom is -0.397 e. The second-order valence-electron chi connectivity index (χ2n) is 6.64. The van der Waals surface area contributed by atoms with Gasteiger partial charge in [-0.2, -0.15) is 25.6 Å². The van der Waals surface area contributed by atoms with Gasteiger partial charge in [-0.1, -0.05) is 12.1 Å². The Morgan fingerprint density at radius 2 is 1.84 bits per heavy atom. The molecular weight excluding hydrogens is 412 g/mol. The second-order valence-corrected chi connectivity index (χ2v) is 6.64. The summed E-state index contributed by atoms with van der Waals surface area (Å²) in [5.41, 5.74) is 13.3. The molecule has 0 radical (unpaired) electrons. The number of aromatic amines is 1. The van der Waals surface area contributed by atoms with Gasteiger partial charge in [-0.15, -0.1) is 14.9 Å². The topological polar surface area (TPSA) is 176 Å². The number of benzene rings is 3. The van der Waals surface area contributed by atoms with Gasteiger partial charge in [0.2, 0.25) is 0 Å². The predicted molar refractivity (Wildman–Crippen MR) is 122 cm³/mol. The number of azo groups is 1. The Morgan fingerprint density at radius 1 is 0.969 bits per heavy atom. The van der Waals surface area contributed by atoms with Crippen LogP contribution in [0.3, 0.4) is 0 Å². The molecule has 0 saturated heterocycles. The molecule has 12 heteroatoms. The first-order valence-electron chi connectivity index (χ1n) is 9.31. The zero-order chi connectivity index (χ0) is 22.5. The molecule has 0 atom stereocenters. The second kappa shape index (κ2) is 8.87. The van der Waals surface area contributed by atoms with E-state index < -0.39 is 0 Å². The molecule has 0 bridgehead atoms. The number of hydrogen-bond acceptors (Lipinski definition) is 11. The molecule has 12 nitrogen and oxygen atoms in total. The Bertz CT molecular complexity index is 1380. The molecule has 0 spiro atoms. The van der Waals surface area contributed by atoms with Crippen molar-refractivity contribution in [2.45, 2.75) is 6.92 Å². The van der Waals surface area contributed by atoms with Crippen LogP contribution in [0.25, 0.3) is 11.0 Å². The van der Waals surface area contributed by atoms with Crippen LogP contribution in [0.5, 0.6) is 0 Å². The Hall–Kier alpha value is -4.87. The van der Waals surface area contributed by atoms with E-state index in [-0.39, 0.29) is 11.4 Å². The van der Waals surface area contributed by atoms with Crippen molar-refractivity contribution in [1.29, 1.82) is 0 Å². The van der Waals surface area contributed by atoms with Crippen molar-refractivity contribution < 1.29 is 0 Å². The van der Waals surface area contributed by atoms with Crippen molar-refractivity contribution in [1.82, 2.24) is 15.4 Å². The van der Waals surface area contributed by atoms with Crippen molar-refractivity contribution in [2.75, 3.05) is 11.2 Å². The molecule has 0 fully saturated rings. The average Bonchev–Trinajstić information content (AvgIpc) is 3.31. The summed E-state index contributed by atoms with van der Waals surface area (Å²) >= 11 is 0. The van der Waals surface area contributed by atoms with Crippen LogP contribution >= 0.6 is 0 Å². The standard InChI is InChI=1S/C20H16N10O2/c1-11(22-24-16-7-5-14(28-31)10-18(16)29-32)12-3-2-4-13(9-12)23-26-19-15(21)6-8-17-20(19)27-30-25-17/h2-10,24H,21H2,1H3,(H,25,27,30)/b22-11+,26-23?. The van der Waals surface area contributed by atoms with Gasteiger partial charge in [-0.25, -0.2) is 0 Å². The van der Waals surface area contributed by atoms with Gasteiger partial charge in [0.15, 0.2) is 0 Å². The van der Waals surface area contributed by atoms with E-state index in [1.54, 1.807) is 31.2 Å². The number of fused-ring (bicyclic) bond motifs is 1. The highest BCUT2D eigenvalue weighted by atomic mass is 16.3. The van der Waals surface area contributed by atoms with E-state index in [1.165, 1.54) is 18.2 Å². The highest BCUT2D eigenvalue weighted by Crippen LogP contribution is 2.32. The average molecular weight is 428 g/mol. The summed E-state index contributed by atoms with van der Waals surface area (Å²) in [6, 6.07) is 14.9. The molecule has 0 aliphatic heterocycles. The fraction of sp³-hybridized carbons (Fsp3) is 0.0500. The number of rotatable bonds is 7. The molecule has 0 aliphatic rings. The van der Waals surface area contributed by atoms with E-state index in [9.17, 15) is 9.81 Å². The quantitative estimate of drug-likeness (QED) is 0.114. The summed E-state index contributed by atoms with van der Waals surface area (Å²) in [6.07, 6.45) is 0. The van der Waals surface area contributed by atoms with Crippen molar-refractivity contribution in [3.05, 3.63) is 70.0 Å². The third kappa shape index (κ3) is 4.18. The van der Waals surface area contributed by atoms with Gasteiger partial charge in [0.25, 0.3) is 0 Å². The van der Waals surface area contributed by atoms with Gasteiger partial charge >= 0.3 is 0 Å². The summed E-state index contributed by atoms with van der Waals surface area (Å²) in [5, 5.41) is 29.1. The van der Waals surface area contributed by atoms with Crippen LogP contribution in [0.4, 0.5) is 34.1 Å². The van der Waals surface area contributed by atoms with Crippen molar-refractivity contribution in [2.24, 2.45) is 25.7 Å². The number of hydrazone groups is 1. The lowest BCUT2D eigenvalue weighted by Gasteiger charge is -2.06. The van der Waals surface area contributed by atoms with Crippen LogP contribution in [0.1, 0.15) is 12.5 Å². The fourth-order valence-corrected chi connectivity index (χ4v) is 2.88. The molecule has 4 rings (SSSR count). The van der Waals surface area contributed by atoms with E-state index in [4.69, 9.17) is 5.73 Å². The van der Waals surface area contributed by atoms with Gasteiger partial charge in [0.1, 0.15) is 28.1 Å². The number of H-pyrrole nitrogens is 1. The van der Waals surface area contributed by atoms with E-state index in [0.717, 1.165) is 5.56 Å². The maximum atomic E-state index is 11.0. The zero-order valence-electron chi connectivity index (χ0n) is 16.7. The van der Waals surface area contributed by atoms with Crippen molar-refractivity contribution in [3.8, 4) is 0 Å². The first-order chi connectivity index (χ1) is 15.6. The van der Waals surface area contributed by atoms with Crippen LogP contribution in [0, 0.1) is 9.81 Å². The van der Waals surface area contributed by atoms with Crippen molar-refractivity contribution >= 4 is 50.9 Å². The van der Waals surface area contributed by atoms with Crippen molar-refractivity contribution in [3.63, 3.8) is 0 Å². The van der Waals surface area contributed by atoms with Crippen LogP contribution in [0.2, 0.25) is 0 Å². The van der Waals surface area contributed by atoms with Crippen LogP contribution in [-0.2, 0) is 0 Å².